The fraction of sp³-hybridized carbons (Fsp3) is 0.464. The van der Waals surface area contributed by atoms with Gasteiger partial charge in [0.15, 0.2) is 0 Å². The van der Waals surface area contributed by atoms with Crippen LogP contribution in [0.15, 0.2) is 42.7 Å². The number of nitrogens with zero attached hydrogens (tertiary/aromatic N) is 4. The maximum atomic E-state index is 14.1. The Labute approximate surface area is 214 Å². The molecule has 0 radical (unpaired) electrons. The molecule has 0 bridgehead atoms. The first-order chi connectivity index (χ1) is 17.5. The number of aryl methyl sites for hydroxylation is 1. The molecular weight excluding hydrogens is 479 g/mol. The Bertz CT molecular complexity index is 1330. The molecule has 2 heterocycles. The van der Waals surface area contributed by atoms with E-state index in [2.05, 4.69) is 36.3 Å². The molecule has 1 N–H and O–H groups in total. The summed E-state index contributed by atoms with van der Waals surface area (Å²) in [6.07, 6.45) is 0.207. The van der Waals surface area contributed by atoms with Crippen LogP contribution in [0.25, 0.3) is 0 Å². The molecule has 6 nitrogen and oxygen atoms in total. The van der Waals surface area contributed by atoms with Gasteiger partial charge < -0.3 is 14.8 Å². The molecule has 1 saturated carbocycles. The number of fused-ring (bicyclic) bond motifs is 1. The van der Waals surface area contributed by atoms with Crippen LogP contribution < -0.4 is 10.2 Å². The molecule has 1 atom stereocenters. The lowest BCUT2D eigenvalue weighted by atomic mass is 9.78. The Morgan fingerprint density at radius 2 is 1.92 bits per heavy atom. The third-order valence-corrected chi connectivity index (χ3v) is 7.82. The van der Waals surface area contributed by atoms with Crippen molar-refractivity contribution in [2.75, 3.05) is 4.90 Å². The van der Waals surface area contributed by atoms with E-state index in [0.29, 0.717) is 17.8 Å². The number of carbonyl (C=O) groups is 1. The monoisotopic (exact) mass is 511 g/mol. The molecule has 5 rings (SSSR count). The van der Waals surface area contributed by atoms with Gasteiger partial charge in [-0.15, -0.1) is 10.2 Å². The summed E-state index contributed by atoms with van der Waals surface area (Å²) in [6.45, 7) is 6.42. The largest absolute Gasteiger partial charge is 0.416 e. The molecule has 1 aromatic heterocycles. The third kappa shape index (κ3) is 4.77. The number of halogens is 3. The highest BCUT2D eigenvalue weighted by molar-refractivity contribution is 6.10. The van der Waals surface area contributed by atoms with Crippen LogP contribution in [0.1, 0.15) is 84.4 Å². The quantitative estimate of drug-likeness (QED) is 0.435. The van der Waals surface area contributed by atoms with E-state index < -0.39 is 17.6 Å². The number of amides is 1. The number of carbonyl (C=O) groups excluding carboxylic acids is 1. The van der Waals surface area contributed by atoms with Crippen LogP contribution in [-0.2, 0) is 26.3 Å². The molecule has 1 amide bonds. The van der Waals surface area contributed by atoms with Crippen LogP contribution in [-0.4, -0.2) is 26.2 Å². The number of hydrogen-bond donors (Lipinski definition) is 1. The predicted octanol–water partition coefficient (Wildman–Crippen LogP) is 5.81. The van der Waals surface area contributed by atoms with Gasteiger partial charge in [-0.3, -0.25) is 4.79 Å². The summed E-state index contributed by atoms with van der Waals surface area (Å²) in [5.41, 5.74) is 1.36. The van der Waals surface area contributed by atoms with Crippen molar-refractivity contribution in [3.05, 3.63) is 76.4 Å². The van der Waals surface area contributed by atoms with Crippen molar-refractivity contribution in [3.63, 3.8) is 0 Å². The maximum Gasteiger partial charge on any atom is 0.416 e. The second-order valence-corrected chi connectivity index (χ2v) is 10.9. The van der Waals surface area contributed by atoms with Gasteiger partial charge in [0, 0.05) is 36.3 Å². The van der Waals surface area contributed by atoms with E-state index in [1.54, 1.807) is 18.5 Å². The van der Waals surface area contributed by atoms with Crippen LogP contribution in [0.2, 0.25) is 0 Å². The lowest BCUT2D eigenvalue weighted by molar-refractivity contribution is -0.138. The van der Waals surface area contributed by atoms with Gasteiger partial charge in [0.1, 0.15) is 12.2 Å². The first kappa shape index (κ1) is 25.4. The maximum absolute atomic E-state index is 14.1. The minimum absolute atomic E-state index is 0.0372. The average molecular weight is 512 g/mol. The van der Waals surface area contributed by atoms with Crippen molar-refractivity contribution < 1.29 is 18.0 Å². The zero-order chi connectivity index (χ0) is 26.5. The Morgan fingerprint density at radius 1 is 1.16 bits per heavy atom. The van der Waals surface area contributed by atoms with E-state index in [4.69, 9.17) is 0 Å². The molecule has 9 heteroatoms. The molecule has 2 aromatic carbocycles. The minimum Gasteiger partial charge on any atom is -0.320 e. The van der Waals surface area contributed by atoms with Gasteiger partial charge in [-0.2, -0.15) is 13.2 Å². The smallest absolute Gasteiger partial charge is 0.320 e. The molecule has 1 aliphatic heterocycles. The molecule has 1 fully saturated rings. The molecule has 0 saturated heterocycles. The summed E-state index contributed by atoms with van der Waals surface area (Å²) < 4.78 is 44.2. The first-order valence-electron chi connectivity index (χ1n) is 12.7. The van der Waals surface area contributed by atoms with Crippen LogP contribution in [0, 0.1) is 5.92 Å². The number of hydrogen-bond acceptors (Lipinski definition) is 4. The second kappa shape index (κ2) is 9.28. The van der Waals surface area contributed by atoms with Crippen LogP contribution in [0.3, 0.4) is 0 Å². The summed E-state index contributed by atoms with van der Waals surface area (Å²) in [4.78, 5) is 15.0. The van der Waals surface area contributed by atoms with E-state index in [0.717, 1.165) is 30.7 Å². The number of aromatic nitrogens is 3. The van der Waals surface area contributed by atoms with Crippen LogP contribution >= 0.6 is 0 Å². The molecule has 196 valence electrons. The molecule has 2 aliphatic rings. The van der Waals surface area contributed by atoms with E-state index in [1.807, 2.05) is 29.8 Å². The van der Waals surface area contributed by atoms with E-state index in [9.17, 15) is 18.0 Å². The number of alkyl halides is 3. The zero-order valence-corrected chi connectivity index (χ0v) is 21.6. The van der Waals surface area contributed by atoms with Crippen LogP contribution in [0.5, 0.6) is 0 Å². The molecule has 3 aromatic rings. The zero-order valence-electron chi connectivity index (χ0n) is 21.6. The van der Waals surface area contributed by atoms with Gasteiger partial charge in [0.25, 0.3) is 5.91 Å². The lowest BCUT2D eigenvalue weighted by Crippen LogP contribution is -2.47. The Hall–Kier alpha value is -3.20. The minimum atomic E-state index is -4.55. The first-order valence-corrected chi connectivity index (χ1v) is 12.7. The van der Waals surface area contributed by atoms with Crippen molar-refractivity contribution >= 4 is 11.6 Å². The van der Waals surface area contributed by atoms with Gasteiger partial charge in [0.2, 0.25) is 0 Å². The molecule has 1 aliphatic carbocycles. The standard InChI is InChI=1S/C28H32F3N5O/c1-17(2)24(25-34-33-16-35(25)4)19-7-5-8-20(13-19)36-15-22-21(26(36)37)11-18(12-23(22)28(29,30)31)14-32-27(3)9-6-10-27/h5,7-8,11-13,16-17,24,32H,6,9-10,14-15H2,1-4H3. The highest BCUT2D eigenvalue weighted by Gasteiger charge is 2.41. The molecular formula is C28H32F3N5O. The Morgan fingerprint density at radius 3 is 2.51 bits per heavy atom. The van der Waals surface area contributed by atoms with Crippen LogP contribution in [0.4, 0.5) is 18.9 Å². The van der Waals surface area contributed by atoms with Gasteiger partial charge in [-0.05, 0) is 73.1 Å². The SMILES string of the molecule is CC(C)C(c1cccc(N2Cc3c(cc(CNC4(C)CCC4)cc3C(F)(F)F)C2=O)c1)c1nncn1C. The number of rotatable bonds is 7. The summed E-state index contributed by atoms with van der Waals surface area (Å²) >= 11 is 0. The topological polar surface area (TPSA) is 63.1 Å². The lowest BCUT2D eigenvalue weighted by Gasteiger charge is -2.39. The molecule has 0 spiro atoms. The third-order valence-electron chi connectivity index (χ3n) is 7.82. The van der Waals surface area contributed by atoms with Gasteiger partial charge >= 0.3 is 6.18 Å². The average Bonchev–Trinajstić information content (AvgIpc) is 3.38. The van der Waals surface area contributed by atoms with E-state index in [1.165, 1.54) is 11.0 Å². The highest BCUT2D eigenvalue weighted by atomic mass is 19.4. The molecule has 37 heavy (non-hydrogen) atoms. The number of anilines is 1. The Balaban J connectivity index is 1.48. The number of nitrogens with one attached hydrogen (secondary N) is 1. The second-order valence-electron chi connectivity index (χ2n) is 10.9. The summed E-state index contributed by atoms with van der Waals surface area (Å²) in [7, 11) is 1.88. The molecule has 1 unspecified atom stereocenters. The van der Waals surface area contributed by atoms with Crippen molar-refractivity contribution in [3.8, 4) is 0 Å². The fourth-order valence-corrected chi connectivity index (χ4v) is 5.52. The normalized spacial score (nSPS) is 17.7. The van der Waals surface area contributed by atoms with Crippen molar-refractivity contribution in [1.82, 2.24) is 20.1 Å². The summed E-state index contributed by atoms with van der Waals surface area (Å²) in [5, 5.41) is 11.7. The summed E-state index contributed by atoms with van der Waals surface area (Å²) in [6, 6.07) is 10.3. The fourth-order valence-electron chi connectivity index (χ4n) is 5.52. The Kier molecular flexibility index (Phi) is 6.38. The van der Waals surface area contributed by atoms with Gasteiger partial charge in [-0.25, -0.2) is 0 Å². The van der Waals surface area contributed by atoms with Gasteiger partial charge in [-0.1, -0.05) is 26.0 Å². The highest BCUT2D eigenvalue weighted by Crippen LogP contribution is 2.41. The number of benzene rings is 2. The predicted molar refractivity (Wildman–Crippen MR) is 135 cm³/mol. The van der Waals surface area contributed by atoms with Gasteiger partial charge in [0.05, 0.1) is 12.1 Å². The van der Waals surface area contributed by atoms with Crippen molar-refractivity contribution in [2.45, 2.75) is 70.8 Å². The summed E-state index contributed by atoms with van der Waals surface area (Å²) in [5.74, 6) is 0.492. The van der Waals surface area contributed by atoms with E-state index in [-0.39, 0.29) is 35.0 Å². The van der Waals surface area contributed by atoms with Crippen molar-refractivity contribution in [1.29, 1.82) is 0 Å². The van der Waals surface area contributed by atoms with E-state index >= 15 is 0 Å². The van der Waals surface area contributed by atoms with Crippen molar-refractivity contribution in [2.24, 2.45) is 13.0 Å².